The minimum absolute atomic E-state index is 0.182. The quantitative estimate of drug-likeness (QED) is 0.120. The summed E-state index contributed by atoms with van der Waals surface area (Å²) in [6.07, 6.45) is 17.7. The molecular formula is C33H47N2O3S+. The fourth-order valence-electron chi connectivity index (χ4n) is 4.74. The number of aryl methyl sites for hydroxylation is 1. The summed E-state index contributed by atoms with van der Waals surface area (Å²) in [6, 6.07) is 13.4. The van der Waals surface area contributed by atoms with Crippen LogP contribution in [-0.2, 0) is 6.54 Å². The second kappa shape index (κ2) is 17.7. The summed E-state index contributed by atoms with van der Waals surface area (Å²) in [5.41, 5.74) is 2.43. The minimum atomic E-state index is -0.182. The first-order valence-electron chi connectivity index (χ1n) is 14.8. The van der Waals surface area contributed by atoms with Crippen LogP contribution in [0.5, 0.6) is 11.5 Å². The summed E-state index contributed by atoms with van der Waals surface area (Å²) in [5.74, 6) is 1.07. The van der Waals surface area contributed by atoms with Gasteiger partial charge in [0.15, 0.2) is 12.7 Å². The number of thiazole rings is 1. The second-order valence-corrected chi connectivity index (χ2v) is 11.4. The van der Waals surface area contributed by atoms with Crippen molar-refractivity contribution in [1.82, 2.24) is 0 Å². The van der Waals surface area contributed by atoms with E-state index in [0.29, 0.717) is 23.7 Å². The molecule has 0 spiro atoms. The lowest BCUT2D eigenvalue weighted by atomic mass is 10.1. The Balaban J connectivity index is 1.44. The van der Waals surface area contributed by atoms with Gasteiger partial charge in [0.25, 0.3) is 5.91 Å². The van der Waals surface area contributed by atoms with E-state index in [4.69, 9.17) is 9.47 Å². The molecule has 6 heteroatoms. The normalized spacial score (nSPS) is 10.9. The standard InChI is InChI=1S/C33H46N2O3S/c1-4-5-6-7-8-9-10-11-12-13-14-15-22-38-32-25-30(37-3)19-20-31(32)33(36)34-29-18-16-17-28(24-29)26-35-21-23-39-27(35)2/h16-21,23-25H,4-15,22,26H2,1-3H3/p+1. The van der Waals surface area contributed by atoms with Gasteiger partial charge in [-0.1, -0.05) is 101 Å². The maximum absolute atomic E-state index is 13.2. The van der Waals surface area contributed by atoms with E-state index in [2.05, 4.69) is 41.4 Å². The van der Waals surface area contributed by atoms with Gasteiger partial charge in [0.05, 0.1) is 24.7 Å². The molecule has 1 heterocycles. The van der Waals surface area contributed by atoms with Gasteiger partial charge in [0.2, 0.25) is 5.01 Å². The van der Waals surface area contributed by atoms with Gasteiger partial charge in [-0.2, -0.15) is 4.57 Å². The fraction of sp³-hybridized carbons (Fsp3) is 0.515. The number of carbonyl (C=O) groups is 1. The third kappa shape index (κ3) is 11.0. The van der Waals surface area contributed by atoms with Crippen LogP contribution >= 0.6 is 11.3 Å². The zero-order chi connectivity index (χ0) is 27.7. The Hall–Kier alpha value is -2.86. The lowest BCUT2D eigenvalue weighted by molar-refractivity contribution is -0.689. The van der Waals surface area contributed by atoms with Crippen molar-refractivity contribution in [2.75, 3.05) is 19.0 Å². The summed E-state index contributed by atoms with van der Waals surface area (Å²) in [7, 11) is 1.63. The molecule has 39 heavy (non-hydrogen) atoms. The van der Waals surface area contributed by atoms with Gasteiger partial charge in [-0.3, -0.25) is 4.79 Å². The van der Waals surface area contributed by atoms with Crippen molar-refractivity contribution in [3.8, 4) is 11.5 Å². The molecule has 0 radical (unpaired) electrons. The highest BCUT2D eigenvalue weighted by molar-refractivity contribution is 7.09. The summed E-state index contributed by atoms with van der Waals surface area (Å²) in [6.45, 7) is 5.75. The lowest BCUT2D eigenvalue weighted by Crippen LogP contribution is -2.34. The molecule has 0 saturated heterocycles. The number of aromatic nitrogens is 1. The van der Waals surface area contributed by atoms with E-state index in [0.717, 1.165) is 30.6 Å². The van der Waals surface area contributed by atoms with E-state index in [-0.39, 0.29) is 5.91 Å². The van der Waals surface area contributed by atoms with Gasteiger partial charge in [-0.15, -0.1) is 0 Å². The largest absolute Gasteiger partial charge is 0.497 e. The lowest BCUT2D eigenvalue weighted by Gasteiger charge is -2.13. The molecule has 0 bridgehead atoms. The molecule has 212 valence electrons. The molecule has 0 fully saturated rings. The Morgan fingerprint density at radius 1 is 0.897 bits per heavy atom. The monoisotopic (exact) mass is 551 g/mol. The zero-order valence-corrected chi connectivity index (χ0v) is 25.0. The van der Waals surface area contributed by atoms with E-state index < -0.39 is 0 Å². The predicted octanol–water partition coefficient (Wildman–Crippen LogP) is 8.73. The molecule has 1 N–H and O–H groups in total. The number of methoxy groups -OCH3 is 1. The Morgan fingerprint density at radius 2 is 1.59 bits per heavy atom. The van der Waals surface area contributed by atoms with Crippen LogP contribution in [0.25, 0.3) is 0 Å². The van der Waals surface area contributed by atoms with Crippen LogP contribution < -0.4 is 19.4 Å². The van der Waals surface area contributed by atoms with Crippen LogP contribution in [0.1, 0.15) is 105 Å². The topological polar surface area (TPSA) is 51.4 Å². The highest BCUT2D eigenvalue weighted by atomic mass is 32.1. The van der Waals surface area contributed by atoms with Gasteiger partial charge in [0.1, 0.15) is 11.5 Å². The Kier molecular flexibility index (Phi) is 13.9. The van der Waals surface area contributed by atoms with E-state index in [1.54, 1.807) is 30.6 Å². The second-order valence-electron chi connectivity index (χ2n) is 10.3. The van der Waals surface area contributed by atoms with Crippen molar-refractivity contribution in [3.05, 3.63) is 70.2 Å². The number of anilines is 1. The molecule has 0 aliphatic carbocycles. The first-order valence-corrected chi connectivity index (χ1v) is 15.6. The fourth-order valence-corrected chi connectivity index (χ4v) is 5.41. The summed E-state index contributed by atoms with van der Waals surface area (Å²) >= 11 is 1.73. The molecule has 1 aromatic heterocycles. The van der Waals surface area contributed by atoms with Crippen molar-refractivity contribution in [2.45, 2.75) is 97.4 Å². The predicted molar refractivity (Wildman–Crippen MR) is 162 cm³/mol. The summed E-state index contributed by atoms with van der Waals surface area (Å²) in [4.78, 5) is 13.2. The van der Waals surface area contributed by atoms with Gasteiger partial charge < -0.3 is 14.8 Å². The van der Waals surface area contributed by atoms with Crippen LogP contribution in [0.3, 0.4) is 0 Å². The Labute approximate surface area is 239 Å². The van der Waals surface area contributed by atoms with Crippen LogP contribution in [-0.4, -0.2) is 19.6 Å². The molecule has 0 aliphatic heterocycles. The number of hydrogen-bond acceptors (Lipinski definition) is 4. The molecular weight excluding hydrogens is 504 g/mol. The van der Waals surface area contributed by atoms with Crippen molar-refractivity contribution in [1.29, 1.82) is 0 Å². The minimum Gasteiger partial charge on any atom is -0.497 e. The summed E-state index contributed by atoms with van der Waals surface area (Å²) in [5, 5.41) is 6.39. The number of hydrogen-bond donors (Lipinski definition) is 1. The number of nitrogens with one attached hydrogen (secondary N) is 1. The molecule has 5 nitrogen and oxygen atoms in total. The molecule has 3 rings (SSSR count). The number of benzene rings is 2. The SMILES string of the molecule is CCCCCCCCCCCCCCOc1cc(OC)ccc1C(=O)Nc1cccc(C[n+]2ccsc2C)c1. The summed E-state index contributed by atoms with van der Waals surface area (Å²) < 4.78 is 13.7. The number of carbonyl (C=O) groups excluding carboxylic acids is 1. The number of rotatable bonds is 19. The Bertz CT molecular complexity index is 1130. The number of ether oxygens (including phenoxy) is 2. The molecule has 1 amide bonds. The maximum Gasteiger partial charge on any atom is 0.259 e. The van der Waals surface area contributed by atoms with E-state index in [1.807, 2.05) is 24.3 Å². The molecule has 0 saturated carbocycles. The van der Waals surface area contributed by atoms with Crippen molar-refractivity contribution >= 4 is 22.9 Å². The van der Waals surface area contributed by atoms with E-state index in [9.17, 15) is 4.79 Å². The smallest absolute Gasteiger partial charge is 0.259 e. The van der Waals surface area contributed by atoms with Gasteiger partial charge >= 0.3 is 0 Å². The Morgan fingerprint density at radius 3 is 2.23 bits per heavy atom. The number of amides is 1. The average Bonchev–Trinajstić information content (AvgIpc) is 3.35. The highest BCUT2D eigenvalue weighted by Gasteiger charge is 2.15. The number of unbranched alkanes of at least 4 members (excludes halogenated alkanes) is 11. The van der Waals surface area contributed by atoms with Crippen LogP contribution in [0, 0.1) is 6.92 Å². The van der Waals surface area contributed by atoms with Gasteiger partial charge in [-0.25, -0.2) is 0 Å². The first-order chi connectivity index (χ1) is 19.1. The molecule has 0 unspecified atom stereocenters. The van der Waals surface area contributed by atoms with Crippen LogP contribution in [0.4, 0.5) is 5.69 Å². The highest BCUT2D eigenvalue weighted by Crippen LogP contribution is 2.26. The number of nitrogens with zero attached hydrogens (tertiary/aromatic N) is 1. The zero-order valence-electron chi connectivity index (χ0n) is 24.2. The van der Waals surface area contributed by atoms with Crippen LogP contribution in [0.2, 0.25) is 0 Å². The molecule has 2 aromatic carbocycles. The molecule has 0 atom stereocenters. The van der Waals surface area contributed by atoms with Crippen molar-refractivity contribution in [3.63, 3.8) is 0 Å². The third-order valence-electron chi connectivity index (χ3n) is 7.11. The maximum atomic E-state index is 13.2. The molecule has 3 aromatic rings. The van der Waals surface area contributed by atoms with Crippen molar-refractivity contribution in [2.24, 2.45) is 0 Å². The van der Waals surface area contributed by atoms with E-state index in [1.165, 1.54) is 69.2 Å². The van der Waals surface area contributed by atoms with E-state index >= 15 is 0 Å². The molecule has 0 aliphatic rings. The van der Waals surface area contributed by atoms with Crippen LogP contribution in [0.15, 0.2) is 54.0 Å². The van der Waals surface area contributed by atoms with Gasteiger partial charge in [-0.05, 0) is 30.7 Å². The third-order valence-corrected chi connectivity index (χ3v) is 7.94. The first kappa shape index (κ1) is 30.7. The average molecular weight is 552 g/mol. The van der Waals surface area contributed by atoms with Gasteiger partial charge in [0, 0.05) is 24.2 Å². The van der Waals surface area contributed by atoms with Crippen molar-refractivity contribution < 1.29 is 18.8 Å².